The minimum atomic E-state index is -0.366. The number of para-hydroxylation sites is 2. The van der Waals surface area contributed by atoms with Gasteiger partial charge in [0.25, 0.3) is 5.56 Å². The van der Waals surface area contributed by atoms with Crippen molar-refractivity contribution < 1.29 is 5.11 Å². The van der Waals surface area contributed by atoms with Gasteiger partial charge in [-0.2, -0.15) is 0 Å². The van der Waals surface area contributed by atoms with Gasteiger partial charge in [-0.05, 0) is 43.2 Å². The quantitative estimate of drug-likeness (QED) is 0.733. The van der Waals surface area contributed by atoms with Crippen LogP contribution in [0.5, 0.6) is 5.75 Å². The zero-order valence-electron chi connectivity index (χ0n) is 11.2. The summed E-state index contributed by atoms with van der Waals surface area (Å²) in [4.78, 5) is 11.9. The lowest BCUT2D eigenvalue weighted by atomic mass is 10.1. The maximum Gasteiger partial charge on any atom is 0.299 e. The Balaban J connectivity index is 2.50. The molecule has 5 nitrogen and oxygen atoms in total. The second-order valence-corrected chi connectivity index (χ2v) is 4.70. The number of benzene rings is 2. The zero-order chi connectivity index (χ0) is 14.3. The van der Waals surface area contributed by atoms with Crippen molar-refractivity contribution in [2.24, 2.45) is 0 Å². The van der Waals surface area contributed by atoms with Gasteiger partial charge in [0.05, 0.1) is 10.9 Å². The summed E-state index contributed by atoms with van der Waals surface area (Å²) in [7, 11) is 0. The molecular weight excluding hydrogens is 254 g/mol. The van der Waals surface area contributed by atoms with Crippen LogP contribution >= 0.6 is 0 Å². The maximum absolute atomic E-state index is 11.9. The molecule has 20 heavy (non-hydrogen) atoms. The van der Waals surface area contributed by atoms with E-state index in [1.165, 1.54) is 4.68 Å². The van der Waals surface area contributed by atoms with Crippen LogP contribution in [-0.2, 0) is 0 Å². The van der Waals surface area contributed by atoms with Gasteiger partial charge in [-0.3, -0.25) is 4.79 Å². The molecule has 1 N–H and O–H groups in total. The van der Waals surface area contributed by atoms with Gasteiger partial charge in [-0.15, -0.1) is 0 Å². The van der Waals surface area contributed by atoms with E-state index in [-0.39, 0.29) is 11.3 Å². The number of aromatic nitrogens is 3. The largest absolute Gasteiger partial charge is 0.506 e. The van der Waals surface area contributed by atoms with E-state index in [2.05, 4.69) is 10.3 Å². The molecule has 0 saturated heterocycles. The molecule has 0 radical (unpaired) electrons. The second kappa shape index (κ2) is 4.45. The van der Waals surface area contributed by atoms with Gasteiger partial charge in [0.2, 0.25) is 0 Å². The SMILES string of the molecule is Cc1ccc2c(=O)nnn(-c3ccccc3O)c2c1C. The third-order valence-electron chi connectivity index (χ3n) is 3.48. The number of nitrogens with zero attached hydrogens (tertiary/aromatic N) is 3. The van der Waals surface area contributed by atoms with E-state index in [1.807, 2.05) is 19.9 Å². The summed E-state index contributed by atoms with van der Waals surface area (Å²) in [6, 6.07) is 10.5. The Morgan fingerprint density at radius 1 is 1.10 bits per heavy atom. The van der Waals surface area contributed by atoms with Crippen molar-refractivity contribution in [1.82, 2.24) is 15.0 Å². The van der Waals surface area contributed by atoms with Gasteiger partial charge in [-0.25, -0.2) is 4.68 Å². The molecule has 3 rings (SSSR count). The number of rotatable bonds is 1. The number of aryl methyl sites for hydroxylation is 2. The number of phenolic OH excluding ortho intramolecular Hbond substituents is 1. The highest BCUT2D eigenvalue weighted by Gasteiger charge is 2.13. The summed E-state index contributed by atoms with van der Waals surface area (Å²) in [5, 5.41) is 18.1. The minimum absolute atomic E-state index is 0.0904. The number of aromatic hydroxyl groups is 1. The summed E-state index contributed by atoms with van der Waals surface area (Å²) < 4.78 is 1.51. The lowest BCUT2D eigenvalue weighted by molar-refractivity contribution is 0.469. The van der Waals surface area contributed by atoms with Gasteiger partial charge >= 0.3 is 0 Å². The van der Waals surface area contributed by atoms with Crippen LogP contribution in [0.4, 0.5) is 0 Å². The number of hydrogen-bond acceptors (Lipinski definition) is 4. The van der Waals surface area contributed by atoms with Crippen molar-refractivity contribution in [2.75, 3.05) is 0 Å². The molecule has 2 aromatic carbocycles. The average Bonchev–Trinajstić information content (AvgIpc) is 2.44. The standard InChI is InChI=1S/C15H13N3O2/c1-9-7-8-11-14(10(9)2)18(17-16-15(11)20)12-5-3-4-6-13(12)19/h3-8,19H,1-2H3. The molecule has 1 aromatic heterocycles. The highest BCUT2D eigenvalue weighted by molar-refractivity contribution is 5.83. The van der Waals surface area contributed by atoms with Crippen molar-refractivity contribution in [3.63, 3.8) is 0 Å². The first-order valence-corrected chi connectivity index (χ1v) is 6.24. The Labute approximate surface area is 115 Å². The van der Waals surface area contributed by atoms with Crippen LogP contribution in [0.2, 0.25) is 0 Å². The van der Waals surface area contributed by atoms with Crippen LogP contribution in [0.3, 0.4) is 0 Å². The molecule has 0 atom stereocenters. The molecule has 0 aliphatic heterocycles. The van der Waals surface area contributed by atoms with Crippen LogP contribution in [0, 0.1) is 13.8 Å². The van der Waals surface area contributed by atoms with Crippen LogP contribution in [0.15, 0.2) is 41.2 Å². The summed E-state index contributed by atoms with van der Waals surface area (Å²) in [6.07, 6.45) is 0. The van der Waals surface area contributed by atoms with Gasteiger partial charge < -0.3 is 5.11 Å². The zero-order valence-corrected chi connectivity index (χ0v) is 11.2. The van der Waals surface area contributed by atoms with Crippen LogP contribution < -0.4 is 5.56 Å². The topological polar surface area (TPSA) is 68.0 Å². The highest BCUT2D eigenvalue weighted by atomic mass is 16.3. The molecule has 0 fully saturated rings. The summed E-state index contributed by atoms with van der Waals surface area (Å²) in [5.74, 6) is 0.0904. The number of phenols is 1. The molecule has 0 aliphatic rings. The van der Waals surface area contributed by atoms with Gasteiger partial charge in [0, 0.05) is 0 Å². The average molecular weight is 267 g/mol. The number of hydrogen-bond donors (Lipinski definition) is 1. The molecule has 0 aliphatic carbocycles. The normalized spacial score (nSPS) is 10.9. The molecule has 0 unspecified atom stereocenters. The third-order valence-corrected chi connectivity index (χ3v) is 3.48. The molecule has 0 amide bonds. The molecule has 3 aromatic rings. The lowest BCUT2D eigenvalue weighted by Crippen LogP contribution is -2.17. The van der Waals surface area contributed by atoms with Crippen LogP contribution in [-0.4, -0.2) is 20.1 Å². The summed E-state index contributed by atoms with van der Waals surface area (Å²) in [5.41, 5.74) is 2.80. The van der Waals surface area contributed by atoms with Gasteiger partial charge in [-0.1, -0.05) is 28.5 Å². The smallest absolute Gasteiger partial charge is 0.299 e. The molecule has 100 valence electrons. The van der Waals surface area contributed by atoms with E-state index < -0.39 is 0 Å². The molecule has 5 heteroatoms. The fourth-order valence-corrected chi connectivity index (χ4v) is 2.24. The first kappa shape index (κ1) is 12.3. The fraction of sp³-hybridized carbons (Fsp3) is 0.133. The fourth-order valence-electron chi connectivity index (χ4n) is 2.24. The second-order valence-electron chi connectivity index (χ2n) is 4.70. The van der Waals surface area contributed by atoms with E-state index in [0.717, 1.165) is 11.1 Å². The van der Waals surface area contributed by atoms with Crippen LogP contribution in [0.25, 0.3) is 16.6 Å². The van der Waals surface area contributed by atoms with E-state index in [1.54, 1.807) is 30.3 Å². The Hall–Kier alpha value is -2.69. The van der Waals surface area contributed by atoms with E-state index in [9.17, 15) is 9.90 Å². The summed E-state index contributed by atoms with van der Waals surface area (Å²) in [6.45, 7) is 3.89. The van der Waals surface area contributed by atoms with Crippen molar-refractivity contribution in [3.8, 4) is 11.4 Å². The number of fused-ring (bicyclic) bond motifs is 1. The molecule has 0 spiro atoms. The van der Waals surface area contributed by atoms with E-state index in [4.69, 9.17) is 0 Å². The van der Waals surface area contributed by atoms with Gasteiger partial charge in [0.15, 0.2) is 0 Å². The minimum Gasteiger partial charge on any atom is -0.506 e. The van der Waals surface area contributed by atoms with Crippen LogP contribution in [0.1, 0.15) is 11.1 Å². The van der Waals surface area contributed by atoms with E-state index >= 15 is 0 Å². The predicted octanol–water partition coefficient (Wildman–Crippen LogP) is 2.10. The van der Waals surface area contributed by atoms with Crippen molar-refractivity contribution in [2.45, 2.75) is 13.8 Å². The Bertz CT molecular complexity index is 869. The third kappa shape index (κ3) is 1.75. The monoisotopic (exact) mass is 267 g/mol. The Kier molecular flexibility index (Phi) is 2.75. The van der Waals surface area contributed by atoms with E-state index in [0.29, 0.717) is 16.6 Å². The summed E-state index contributed by atoms with van der Waals surface area (Å²) >= 11 is 0. The molecule has 1 heterocycles. The van der Waals surface area contributed by atoms with Crippen molar-refractivity contribution in [3.05, 3.63) is 57.9 Å². The van der Waals surface area contributed by atoms with Crippen molar-refractivity contribution >= 4 is 10.9 Å². The lowest BCUT2D eigenvalue weighted by Gasteiger charge is -2.12. The molecular formula is C15H13N3O2. The Morgan fingerprint density at radius 2 is 1.85 bits per heavy atom. The maximum atomic E-state index is 11.9. The first-order chi connectivity index (χ1) is 9.59. The molecule has 0 bridgehead atoms. The first-order valence-electron chi connectivity index (χ1n) is 6.24. The Morgan fingerprint density at radius 3 is 2.60 bits per heavy atom. The predicted molar refractivity (Wildman–Crippen MR) is 76.3 cm³/mol. The van der Waals surface area contributed by atoms with Gasteiger partial charge in [0.1, 0.15) is 11.4 Å². The molecule has 0 saturated carbocycles. The highest BCUT2D eigenvalue weighted by Crippen LogP contribution is 2.25. The van der Waals surface area contributed by atoms with Crippen molar-refractivity contribution in [1.29, 1.82) is 0 Å².